The molecule has 0 atom stereocenters. The number of benzene rings is 2. The maximum absolute atomic E-state index is 9.94. The lowest BCUT2D eigenvalue weighted by molar-refractivity contribution is 0.123. The zero-order chi connectivity index (χ0) is 12.5. The number of anilines is 1. The quantitative estimate of drug-likeness (QED) is 0.858. The van der Waals surface area contributed by atoms with Crippen LogP contribution in [0.15, 0.2) is 30.3 Å². The fourth-order valence-electron chi connectivity index (χ4n) is 2.37. The monoisotopic (exact) mass is 263 g/mol. The SMILES string of the molecule is Oc1cc(N2CCOCC2)c2ccccc2c1Cl. The number of phenolic OH excluding ortho intramolecular Hbond substituents is 1. The summed E-state index contributed by atoms with van der Waals surface area (Å²) in [6, 6.07) is 9.62. The van der Waals surface area contributed by atoms with Gasteiger partial charge in [0.2, 0.25) is 0 Å². The minimum absolute atomic E-state index is 0.136. The molecule has 1 heterocycles. The van der Waals surface area contributed by atoms with Crippen LogP contribution in [-0.4, -0.2) is 31.4 Å². The van der Waals surface area contributed by atoms with Crippen molar-refractivity contribution in [3.05, 3.63) is 35.4 Å². The molecule has 0 amide bonds. The Morgan fingerprint density at radius 2 is 1.78 bits per heavy atom. The van der Waals surface area contributed by atoms with Gasteiger partial charge in [-0.2, -0.15) is 0 Å². The molecular formula is C14H14ClNO2. The van der Waals surface area contributed by atoms with Gasteiger partial charge in [0.05, 0.1) is 18.2 Å². The number of aromatic hydroxyl groups is 1. The van der Waals surface area contributed by atoms with Crippen LogP contribution < -0.4 is 4.90 Å². The van der Waals surface area contributed by atoms with Crippen molar-refractivity contribution < 1.29 is 9.84 Å². The van der Waals surface area contributed by atoms with Gasteiger partial charge in [0.25, 0.3) is 0 Å². The number of phenols is 1. The summed E-state index contributed by atoms with van der Waals surface area (Å²) in [5.74, 6) is 0.136. The van der Waals surface area contributed by atoms with E-state index in [1.165, 1.54) is 0 Å². The van der Waals surface area contributed by atoms with Crippen LogP contribution in [0.1, 0.15) is 0 Å². The molecule has 94 valence electrons. The molecule has 3 rings (SSSR count). The van der Waals surface area contributed by atoms with E-state index in [4.69, 9.17) is 16.3 Å². The number of hydrogen-bond donors (Lipinski definition) is 1. The van der Waals surface area contributed by atoms with Crippen LogP contribution in [0.25, 0.3) is 10.8 Å². The van der Waals surface area contributed by atoms with Crippen molar-refractivity contribution in [2.45, 2.75) is 0 Å². The number of fused-ring (bicyclic) bond motifs is 1. The maximum atomic E-state index is 9.94. The highest BCUT2D eigenvalue weighted by molar-refractivity contribution is 6.37. The first-order valence-corrected chi connectivity index (χ1v) is 6.38. The van der Waals surface area contributed by atoms with Gasteiger partial charge in [-0.15, -0.1) is 0 Å². The molecule has 0 spiro atoms. The summed E-state index contributed by atoms with van der Waals surface area (Å²) in [6.07, 6.45) is 0. The smallest absolute Gasteiger partial charge is 0.136 e. The third-order valence-electron chi connectivity index (χ3n) is 3.29. The molecule has 0 aromatic heterocycles. The molecule has 1 aliphatic rings. The molecule has 0 bridgehead atoms. The lowest BCUT2D eigenvalue weighted by atomic mass is 10.1. The van der Waals surface area contributed by atoms with Gasteiger partial charge in [0.15, 0.2) is 0 Å². The van der Waals surface area contributed by atoms with Gasteiger partial charge in [-0.25, -0.2) is 0 Å². The van der Waals surface area contributed by atoms with Crippen molar-refractivity contribution in [1.29, 1.82) is 0 Å². The van der Waals surface area contributed by atoms with Crippen LogP contribution >= 0.6 is 11.6 Å². The molecular weight excluding hydrogens is 250 g/mol. The second-order valence-corrected chi connectivity index (χ2v) is 4.75. The summed E-state index contributed by atoms with van der Waals surface area (Å²) in [7, 11) is 0. The Hall–Kier alpha value is -1.45. The van der Waals surface area contributed by atoms with Crippen molar-refractivity contribution in [3.63, 3.8) is 0 Å². The van der Waals surface area contributed by atoms with E-state index in [0.29, 0.717) is 5.02 Å². The van der Waals surface area contributed by atoms with Crippen molar-refractivity contribution in [3.8, 4) is 5.75 Å². The van der Waals surface area contributed by atoms with Gasteiger partial charge >= 0.3 is 0 Å². The Morgan fingerprint density at radius 1 is 1.11 bits per heavy atom. The highest BCUT2D eigenvalue weighted by Crippen LogP contribution is 2.38. The number of rotatable bonds is 1. The second-order valence-electron chi connectivity index (χ2n) is 4.37. The van der Waals surface area contributed by atoms with Gasteiger partial charge in [-0.3, -0.25) is 0 Å². The van der Waals surface area contributed by atoms with Crippen LogP contribution in [0, 0.1) is 0 Å². The number of hydrogen-bond acceptors (Lipinski definition) is 3. The third kappa shape index (κ3) is 1.89. The summed E-state index contributed by atoms with van der Waals surface area (Å²) in [4.78, 5) is 2.22. The number of morpholine rings is 1. The number of nitrogens with zero attached hydrogens (tertiary/aromatic N) is 1. The van der Waals surface area contributed by atoms with E-state index in [-0.39, 0.29) is 5.75 Å². The molecule has 18 heavy (non-hydrogen) atoms. The molecule has 0 unspecified atom stereocenters. The first kappa shape index (κ1) is 11.6. The van der Waals surface area contributed by atoms with Gasteiger partial charge in [0, 0.05) is 35.6 Å². The predicted molar refractivity (Wildman–Crippen MR) is 73.7 cm³/mol. The Labute approximate surface area is 111 Å². The van der Waals surface area contributed by atoms with E-state index in [0.717, 1.165) is 42.8 Å². The Kier molecular flexibility index (Phi) is 3.02. The third-order valence-corrected chi connectivity index (χ3v) is 3.69. The van der Waals surface area contributed by atoms with E-state index in [2.05, 4.69) is 4.90 Å². The normalized spacial score (nSPS) is 16.2. The molecule has 1 aliphatic heterocycles. The zero-order valence-corrected chi connectivity index (χ0v) is 10.7. The lowest BCUT2D eigenvalue weighted by Crippen LogP contribution is -2.36. The second kappa shape index (κ2) is 4.67. The van der Waals surface area contributed by atoms with Crippen LogP contribution in [0.5, 0.6) is 5.75 Å². The van der Waals surface area contributed by atoms with Crippen molar-refractivity contribution in [1.82, 2.24) is 0 Å². The lowest BCUT2D eigenvalue weighted by Gasteiger charge is -2.30. The molecule has 0 saturated carbocycles. The van der Waals surface area contributed by atoms with E-state index in [1.807, 2.05) is 24.3 Å². The molecule has 1 fully saturated rings. The van der Waals surface area contributed by atoms with E-state index >= 15 is 0 Å². The van der Waals surface area contributed by atoms with Crippen molar-refractivity contribution >= 4 is 28.1 Å². The fraction of sp³-hybridized carbons (Fsp3) is 0.286. The first-order valence-electron chi connectivity index (χ1n) is 6.00. The fourth-order valence-corrected chi connectivity index (χ4v) is 2.59. The summed E-state index contributed by atoms with van der Waals surface area (Å²) in [5, 5.41) is 12.3. The van der Waals surface area contributed by atoms with Gasteiger partial charge < -0.3 is 14.7 Å². The van der Waals surface area contributed by atoms with Crippen LogP contribution in [-0.2, 0) is 4.74 Å². The van der Waals surface area contributed by atoms with Gasteiger partial charge in [0.1, 0.15) is 5.75 Å². The van der Waals surface area contributed by atoms with Gasteiger partial charge in [-0.05, 0) is 0 Å². The van der Waals surface area contributed by atoms with Crippen LogP contribution in [0.3, 0.4) is 0 Å². The summed E-state index contributed by atoms with van der Waals surface area (Å²) in [5.41, 5.74) is 1.02. The zero-order valence-electron chi connectivity index (χ0n) is 9.90. The molecule has 1 N–H and O–H groups in total. The largest absolute Gasteiger partial charge is 0.506 e. The molecule has 2 aromatic rings. The molecule has 1 saturated heterocycles. The highest BCUT2D eigenvalue weighted by Gasteiger charge is 2.17. The average molecular weight is 264 g/mol. The van der Waals surface area contributed by atoms with Gasteiger partial charge in [-0.1, -0.05) is 35.9 Å². The molecule has 0 radical (unpaired) electrons. The van der Waals surface area contributed by atoms with E-state index < -0.39 is 0 Å². The van der Waals surface area contributed by atoms with Crippen molar-refractivity contribution in [2.24, 2.45) is 0 Å². The molecule has 0 aliphatic carbocycles. The van der Waals surface area contributed by atoms with Crippen LogP contribution in [0.4, 0.5) is 5.69 Å². The molecule has 3 nitrogen and oxygen atoms in total. The van der Waals surface area contributed by atoms with Crippen molar-refractivity contribution in [2.75, 3.05) is 31.2 Å². The Balaban J connectivity index is 2.18. The average Bonchev–Trinajstić information content (AvgIpc) is 2.44. The topological polar surface area (TPSA) is 32.7 Å². The number of halogens is 1. The minimum atomic E-state index is 0.136. The first-order chi connectivity index (χ1) is 8.77. The minimum Gasteiger partial charge on any atom is -0.506 e. The van der Waals surface area contributed by atoms with Crippen LogP contribution in [0.2, 0.25) is 5.02 Å². The highest BCUT2D eigenvalue weighted by atomic mass is 35.5. The summed E-state index contributed by atoms with van der Waals surface area (Å²) >= 11 is 6.14. The standard InChI is InChI=1S/C14H14ClNO2/c15-14-11-4-2-1-3-10(11)12(9-13(14)17)16-5-7-18-8-6-16/h1-4,9,17H,5-8H2. The summed E-state index contributed by atoms with van der Waals surface area (Å²) in [6.45, 7) is 3.12. The predicted octanol–water partition coefficient (Wildman–Crippen LogP) is 3.04. The Bertz CT molecular complexity index is 579. The molecule has 4 heteroatoms. The molecule has 2 aromatic carbocycles. The summed E-state index contributed by atoms with van der Waals surface area (Å²) < 4.78 is 5.36. The van der Waals surface area contributed by atoms with E-state index in [1.54, 1.807) is 6.07 Å². The number of ether oxygens (including phenoxy) is 1. The van der Waals surface area contributed by atoms with E-state index in [9.17, 15) is 5.11 Å². The maximum Gasteiger partial charge on any atom is 0.136 e. The Morgan fingerprint density at radius 3 is 2.50 bits per heavy atom.